The molecular weight excluding hydrogens is 199 g/mol. The molecule has 0 spiro atoms. The number of hydrogen-bond donors (Lipinski definition) is 2. The fourth-order valence-corrected chi connectivity index (χ4v) is 0.144. The van der Waals surface area contributed by atoms with Crippen molar-refractivity contribution in [2.75, 3.05) is 7.11 Å². The molecule has 12 heavy (non-hydrogen) atoms. The van der Waals surface area contributed by atoms with Gasteiger partial charge < -0.3 is 6.16 Å². The Morgan fingerprint density at radius 1 is 1.50 bits per heavy atom. The fourth-order valence-electron chi connectivity index (χ4n) is 0.144. The van der Waals surface area contributed by atoms with Crippen molar-refractivity contribution in [2.24, 2.45) is 0 Å². The standard InChI is InChI=1S/C4H8O2.Na.H2O4S.H/c1-3-4(5)6-2;;1-5(2,3)4;/h3H2,1-2H3;;(H2,1,2,3,4);/q;+1;;-1. The molecule has 0 fully saturated rings. The van der Waals surface area contributed by atoms with Crippen LogP contribution in [0.5, 0.6) is 0 Å². The van der Waals surface area contributed by atoms with Crippen LogP contribution in [0.1, 0.15) is 14.8 Å². The minimum Gasteiger partial charge on any atom is -1.00 e. The summed E-state index contributed by atoms with van der Waals surface area (Å²) in [7, 11) is -3.29. The normalized spacial score (nSPS) is 8.67. The van der Waals surface area contributed by atoms with Crippen LogP contribution in [-0.2, 0) is 19.9 Å². The van der Waals surface area contributed by atoms with Gasteiger partial charge in [0.1, 0.15) is 0 Å². The first-order valence-corrected chi connectivity index (χ1v) is 3.97. The Kier molecular flexibility index (Phi) is 14.3. The second-order valence-electron chi connectivity index (χ2n) is 1.38. The van der Waals surface area contributed by atoms with E-state index in [-0.39, 0.29) is 37.0 Å². The van der Waals surface area contributed by atoms with E-state index in [1.54, 1.807) is 6.92 Å². The third-order valence-electron chi connectivity index (χ3n) is 0.516. The van der Waals surface area contributed by atoms with Crippen molar-refractivity contribution in [2.45, 2.75) is 13.3 Å². The maximum Gasteiger partial charge on any atom is 1.00 e. The summed E-state index contributed by atoms with van der Waals surface area (Å²) in [6.07, 6.45) is 0.469. The molecule has 0 saturated carbocycles. The van der Waals surface area contributed by atoms with Crippen LogP contribution >= 0.6 is 0 Å². The molecule has 0 atom stereocenters. The molecule has 0 heterocycles. The number of carbonyl (C=O) groups is 1. The zero-order valence-corrected chi connectivity index (χ0v) is 9.96. The maximum absolute atomic E-state index is 9.96. The first-order chi connectivity index (χ1) is 4.81. The van der Waals surface area contributed by atoms with Gasteiger partial charge in [-0.05, 0) is 0 Å². The van der Waals surface area contributed by atoms with Crippen molar-refractivity contribution in [3.63, 3.8) is 0 Å². The van der Waals surface area contributed by atoms with Crippen LogP contribution in [0.15, 0.2) is 0 Å². The van der Waals surface area contributed by atoms with Crippen LogP contribution < -0.4 is 29.6 Å². The Hall–Kier alpha value is 0.340. The van der Waals surface area contributed by atoms with Crippen LogP contribution in [0.25, 0.3) is 0 Å². The van der Waals surface area contributed by atoms with Gasteiger partial charge in [0.25, 0.3) is 0 Å². The molecular formula is C4H11NaO6S. The van der Waals surface area contributed by atoms with E-state index < -0.39 is 10.4 Å². The second-order valence-corrected chi connectivity index (χ2v) is 2.27. The summed E-state index contributed by atoms with van der Waals surface area (Å²) in [6.45, 7) is 1.76. The van der Waals surface area contributed by atoms with Crippen LogP contribution in [0.4, 0.5) is 0 Å². The van der Waals surface area contributed by atoms with Crippen LogP contribution in [0.3, 0.4) is 0 Å². The summed E-state index contributed by atoms with van der Waals surface area (Å²) in [5.74, 6) is -0.157. The molecule has 6 nitrogen and oxygen atoms in total. The molecule has 0 aromatic heterocycles. The number of methoxy groups -OCH3 is 1. The molecule has 0 bridgehead atoms. The molecule has 0 aliphatic heterocycles. The van der Waals surface area contributed by atoms with Gasteiger partial charge in [-0.25, -0.2) is 0 Å². The Morgan fingerprint density at radius 2 is 1.75 bits per heavy atom. The predicted molar refractivity (Wildman–Crippen MR) is 37.6 cm³/mol. The quantitative estimate of drug-likeness (QED) is 0.272. The minimum atomic E-state index is -4.67. The van der Waals surface area contributed by atoms with Crippen molar-refractivity contribution >= 4 is 16.4 Å². The van der Waals surface area contributed by atoms with Gasteiger partial charge in [0.2, 0.25) is 0 Å². The predicted octanol–water partition coefficient (Wildman–Crippen LogP) is -2.97. The van der Waals surface area contributed by atoms with E-state index in [4.69, 9.17) is 17.5 Å². The van der Waals surface area contributed by atoms with Crippen molar-refractivity contribution in [1.82, 2.24) is 0 Å². The van der Waals surface area contributed by atoms with E-state index >= 15 is 0 Å². The summed E-state index contributed by atoms with van der Waals surface area (Å²) in [5, 5.41) is 0. The SMILES string of the molecule is CCC(=O)OC.O=S(=O)(O)O.[H-].[Na+]. The Bertz CT molecular complexity index is 189. The van der Waals surface area contributed by atoms with Crippen LogP contribution in [0.2, 0.25) is 0 Å². The van der Waals surface area contributed by atoms with E-state index in [0.717, 1.165) is 0 Å². The van der Waals surface area contributed by atoms with Gasteiger partial charge in [-0.15, -0.1) is 0 Å². The van der Waals surface area contributed by atoms with Gasteiger partial charge in [0.15, 0.2) is 0 Å². The van der Waals surface area contributed by atoms with Crippen molar-refractivity contribution in [3.05, 3.63) is 0 Å². The van der Waals surface area contributed by atoms with Gasteiger partial charge in [0, 0.05) is 6.42 Å². The molecule has 0 aromatic rings. The number of carbonyl (C=O) groups excluding carboxylic acids is 1. The van der Waals surface area contributed by atoms with Gasteiger partial charge >= 0.3 is 45.9 Å². The molecule has 0 aliphatic carbocycles. The van der Waals surface area contributed by atoms with Crippen molar-refractivity contribution in [3.8, 4) is 0 Å². The summed E-state index contributed by atoms with van der Waals surface area (Å²) >= 11 is 0. The van der Waals surface area contributed by atoms with E-state index in [1.165, 1.54) is 7.11 Å². The van der Waals surface area contributed by atoms with Gasteiger partial charge in [0.05, 0.1) is 7.11 Å². The zero-order valence-electron chi connectivity index (χ0n) is 8.14. The van der Waals surface area contributed by atoms with Crippen molar-refractivity contribution < 1.29 is 58.0 Å². The first-order valence-electron chi connectivity index (χ1n) is 2.58. The van der Waals surface area contributed by atoms with Crippen LogP contribution in [-0.4, -0.2) is 30.6 Å². The van der Waals surface area contributed by atoms with Gasteiger partial charge in [-0.2, -0.15) is 8.42 Å². The molecule has 0 rings (SSSR count). The summed E-state index contributed by atoms with van der Waals surface area (Å²) in [4.78, 5) is 9.96. The molecule has 0 saturated heterocycles. The van der Waals surface area contributed by atoms with Gasteiger partial charge in [-0.3, -0.25) is 13.9 Å². The Labute approximate surface area is 94.6 Å². The zero-order chi connectivity index (χ0) is 9.49. The van der Waals surface area contributed by atoms with Gasteiger partial charge in [-0.1, -0.05) is 6.92 Å². The molecule has 0 aliphatic rings. The third kappa shape index (κ3) is 47.9. The average Bonchev–Trinajstić information content (AvgIpc) is 1.83. The van der Waals surface area contributed by atoms with E-state index in [1.807, 2.05) is 0 Å². The molecule has 0 unspecified atom stereocenters. The first kappa shape index (κ1) is 18.2. The minimum absolute atomic E-state index is 0. The summed E-state index contributed by atoms with van der Waals surface area (Å²) in [5.41, 5.74) is 0. The molecule has 0 amide bonds. The largest absolute Gasteiger partial charge is 1.00 e. The monoisotopic (exact) mass is 210 g/mol. The third-order valence-corrected chi connectivity index (χ3v) is 0.516. The topological polar surface area (TPSA) is 101 Å². The average molecular weight is 210 g/mol. The summed E-state index contributed by atoms with van der Waals surface area (Å²) in [6, 6.07) is 0. The second kappa shape index (κ2) is 9.43. The number of esters is 1. The fraction of sp³-hybridized carbons (Fsp3) is 0.750. The maximum atomic E-state index is 9.96. The molecule has 8 heteroatoms. The van der Waals surface area contributed by atoms with Crippen molar-refractivity contribution in [1.29, 1.82) is 0 Å². The molecule has 70 valence electrons. The number of ether oxygens (including phenoxy) is 1. The van der Waals surface area contributed by atoms with Crippen LogP contribution in [0, 0.1) is 0 Å². The Balaban J connectivity index is -0.0000000546. The molecule has 2 N–H and O–H groups in total. The van der Waals surface area contributed by atoms with E-state index in [2.05, 4.69) is 4.74 Å². The summed E-state index contributed by atoms with van der Waals surface area (Å²) < 4.78 is 35.8. The number of hydrogen-bond acceptors (Lipinski definition) is 4. The Morgan fingerprint density at radius 3 is 1.75 bits per heavy atom. The van der Waals surface area contributed by atoms with E-state index in [0.29, 0.717) is 6.42 Å². The van der Waals surface area contributed by atoms with E-state index in [9.17, 15) is 4.79 Å². The molecule has 0 radical (unpaired) electrons. The number of rotatable bonds is 1. The molecule has 0 aromatic carbocycles. The smallest absolute Gasteiger partial charge is 1.00 e.